The lowest BCUT2D eigenvalue weighted by molar-refractivity contribution is 0.148. The third kappa shape index (κ3) is 3.30. The van der Waals surface area contributed by atoms with Crippen molar-refractivity contribution in [2.75, 3.05) is 7.11 Å². The molecule has 0 aromatic heterocycles. The highest BCUT2D eigenvalue weighted by Crippen LogP contribution is 2.24. The predicted molar refractivity (Wildman–Crippen MR) is 68.3 cm³/mol. The van der Waals surface area contributed by atoms with Crippen molar-refractivity contribution in [1.82, 2.24) is 0 Å². The summed E-state index contributed by atoms with van der Waals surface area (Å²) >= 11 is 0. The molecule has 1 unspecified atom stereocenters. The smallest absolute Gasteiger partial charge is 0.168 e. The van der Waals surface area contributed by atoms with Gasteiger partial charge in [-0.15, -0.1) is 0 Å². The van der Waals surface area contributed by atoms with Crippen LogP contribution in [0.2, 0.25) is 0 Å². The first-order chi connectivity index (χ1) is 9.22. The molecule has 4 heteroatoms. The number of benzene rings is 2. The number of nitrogens with zero attached hydrogens (tertiary/aromatic N) is 1. The van der Waals surface area contributed by atoms with E-state index in [1.807, 2.05) is 6.07 Å². The van der Waals surface area contributed by atoms with Gasteiger partial charge in [-0.05, 0) is 42.0 Å². The van der Waals surface area contributed by atoms with Crippen LogP contribution in [0, 0.1) is 17.1 Å². The van der Waals surface area contributed by atoms with Crippen LogP contribution in [0.1, 0.15) is 11.7 Å². The molecule has 2 aromatic rings. The first-order valence-electron chi connectivity index (χ1n) is 5.68. The Labute approximate surface area is 110 Å². The van der Waals surface area contributed by atoms with E-state index in [0.29, 0.717) is 11.5 Å². The van der Waals surface area contributed by atoms with Crippen molar-refractivity contribution in [3.63, 3.8) is 0 Å². The molecule has 0 heterocycles. The van der Waals surface area contributed by atoms with Gasteiger partial charge in [0.25, 0.3) is 0 Å². The van der Waals surface area contributed by atoms with E-state index in [2.05, 4.69) is 0 Å². The lowest BCUT2D eigenvalue weighted by Gasteiger charge is -2.09. The van der Waals surface area contributed by atoms with Crippen LogP contribution < -0.4 is 4.74 Å². The Morgan fingerprint density at radius 1 is 1.00 bits per heavy atom. The quantitative estimate of drug-likeness (QED) is 0.835. The van der Waals surface area contributed by atoms with Crippen LogP contribution >= 0.6 is 0 Å². The van der Waals surface area contributed by atoms with Gasteiger partial charge in [-0.1, -0.05) is 12.1 Å². The maximum absolute atomic E-state index is 12.7. The third-order valence-electron chi connectivity index (χ3n) is 2.59. The maximum Gasteiger partial charge on any atom is 0.168 e. The lowest BCUT2D eigenvalue weighted by Crippen LogP contribution is -1.97. The molecule has 0 radical (unpaired) electrons. The summed E-state index contributed by atoms with van der Waals surface area (Å²) in [5.41, 5.74) is 0.761. The highest BCUT2D eigenvalue weighted by Gasteiger charge is 2.08. The van der Waals surface area contributed by atoms with Crippen molar-refractivity contribution in [2.24, 2.45) is 0 Å². The van der Waals surface area contributed by atoms with Gasteiger partial charge in [0.15, 0.2) is 6.10 Å². The zero-order valence-electron chi connectivity index (χ0n) is 10.3. The van der Waals surface area contributed by atoms with E-state index in [4.69, 9.17) is 14.7 Å². The summed E-state index contributed by atoms with van der Waals surface area (Å²) < 4.78 is 23.3. The number of ether oxygens (including phenoxy) is 2. The van der Waals surface area contributed by atoms with Crippen LogP contribution in [0.5, 0.6) is 11.5 Å². The Morgan fingerprint density at radius 2 is 1.53 bits per heavy atom. The van der Waals surface area contributed by atoms with Crippen molar-refractivity contribution in [1.29, 1.82) is 5.26 Å². The van der Waals surface area contributed by atoms with Crippen LogP contribution in [-0.2, 0) is 4.74 Å². The molecule has 2 aromatic carbocycles. The Hall–Kier alpha value is -2.38. The standard InChI is InChI=1S/C15H12FNO2/c1-18-15(10-17)11-2-6-13(7-3-11)19-14-8-4-12(16)5-9-14/h2-9,15H,1H3. The molecule has 0 fully saturated rings. The number of rotatable bonds is 4. The summed E-state index contributed by atoms with van der Waals surface area (Å²) in [5, 5.41) is 8.87. The minimum absolute atomic E-state index is 0.306. The molecule has 19 heavy (non-hydrogen) atoms. The second kappa shape index (κ2) is 5.98. The summed E-state index contributed by atoms with van der Waals surface area (Å²) in [7, 11) is 1.48. The van der Waals surface area contributed by atoms with E-state index in [1.165, 1.54) is 19.2 Å². The molecule has 0 spiro atoms. The number of halogens is 1. The van der Waals surface area contributed by atoms with Crippen LogP contribution in [0.4, 0.5) is 4.39 Å². The van der Waals surface area contributed by atoms with Crippen molar-refractivity contribution in [3.05, 3.63) is 59.9 Å². The minimum atomic E-state index is -0.583. The normalized spacial score (nSPS) is 11.6. The Morgan fingerprint density at radius 3 is 2.00 bits per heavy atom. The second-order valence-corrected chi connectivity index (χ2v) is 3.87. The van der Waals surface area contributed by atoms with Crippen molar-refractivity contribution >= 4 is 0 Å². The van der Waals surface area contributed by atoms with Gasteiger partial charge in [0.05, 0.1) is 6.07 Å². The Bertz CT molecular complexity index is 573. The molecule has 0 amide bonds. The van der Waals surface area contributed by atoms with Gasteiger partial charge in [0, 0.05) is 7.11 Å². The SMILES string of the molecule is COC(C#N)c1ccc(Oc2ccc(F)cc2)cc1. The number of hydrogen-bond acceptors (Lipinski definition) is 3. The molecule has 0 saturated heterocycles. The summed E-state index contributed by atoms with van der Waals surface area (Å²) in [6, 6.07) is 14.8. The van der Waals surface area contributed by atoms with E-state index in [1.54, 1.807) is 36.4 Å². The number of nitriles is 1. The summed E-state index contributed by atoms with van der Waals surface area (Å²) in [6.07, 6.45) is -0.583. The van der Waals surface area contributed by atoms with Gasteiger partial charge in [-0.3, -0.25) is 0 Å². The molecular weight excluding hydrogens is 245 g/mol. The fraction of sp³-hybridized carbons (Fsp3) is 0.133. The minimum Gasteiger partial charge on any atom is -0.457 e. The van der Waals surface area contributed by atoms with Gasteiger partial charge in [-0.25, -0.2) is 4.39 Å². The summed E-state index contributed by atoms with van der Waals surface area (Å²) in [5.74, 6) is 0.862. The van der Waals surface area contributed by atoms with Gasteiger partial charge in [0.2, 0.25) is 0 Å². The van der Waals surface area contributed by atoms with E-state index in [0.717, 1.165) is 5.56 Å². The number of methoxy groups -OCH3 is 1. The molecule has 0 saturated carbocycles. The molecular formula is C15H12FNO2. The topological polar surface area (TPSA) is 42.2 Å². The van der Waals surface area contributed by atoms with E-state index in [9.17, 15) is 4.39 Å². The predicted octanol–water partition coefficient (Wildman–Crippen LogP) is 3.83. The van der Waals surface area contributed by atoms with E-state index >= 15 is 0 Å². The highest BCUT2D eigenvalue weighted by atomic mass is 19.1. The molecule has 2 rings (SSSR count). The molecule has 0 N–H and O–H groups in total. The molecule has 0 aliphatic carbocycles. The van der Waals surface area contributed by atoms with Gasteiger partial charge < -0.3 is 9.47 Å². The summed E-state index contributed by atoms with van der Waals surface area (Å²) in [4.78, 5) is 0. The van der Waals surface area contributed by atoms with Crippen molar-refractivity contribution in [2.45, 2.75) is 6.10 Å². The first kappa shape index (κ1) is 13.1. The molecule has 0 bridgehead atoms. The van der Waals surface area contributed by atoms with Gasteiger partial charge in [0.1, 0.15) is 17.3 Å². The van der Waals surface area contributed by atoms with Gasteiger partial charge >= 0.3 is 0 Å². The summed E-state index contributed by atoms with van der Waals surface area (Å²) in [6.45, 7) is 0. The van der Waals surface area contributed by atoms with Crippen molar-refractivity contribution in [3.8, 4) is 17.6 Å². The van der Waals surface area contributed by atoms with Gasteiger partial charge in [-0.2, -0.15) is 5.26 Å². The average molecular weight is 257 g/mol. The van der Waals surface area contributed by atoms with Crippen LogP contribution in [0.15, 0.2) is 48.5 Å². The van der Waals surface area contributed by atoms with Crippen molar-refractivity contribution < 1.29 is 13.9 Å². The van der Waals surface area contributed by atoms with E-state index < -0.39 is 6.10 Å². The second-order valence-electron chi connectivity index (χ2n) is 3.87. The Kier molecular flexibility index (Phi) is 4.11. The van der Waals surface area contributed by atoms with Crippen LogP contribution in [0.3, 0.4) is 0 Å². The molecule has 0 aliphatic rings. The first-order valence-corrected chi connectivity index (χ1v) is 5.68. The van der Waals surface area contributed by atoms with E-state index in [-0.39, 0.29) is 5.82 Å². The average Bonchev–Trinajstić information content (AvgIpc) is 2.44. The largest absolute Gasteiger partial charge is 0.457 e. The molecule has 3 nitrogen and oxygen atoms in total. The fourth-order valence-corrected chi connectivity index (χ4v) is 1.61. The molecule has 1 atom stereocenters. The maximum atomic E-state index is 12.7. The Balaban J connectivity index is 2.11. The lowest BCUT2D eigenvalue weighted by atomic mass is 10.1. The zero-order valence-corrected chi connectivity index (χ0v) is 10.3. The number of hydrogen-bond donors (Lipinski definition) is 0. The van der Waals surface area contributed by atoms with Crippen LogP contribution in [-0.4, -0.2) is 7.11 Å². The molecule has 96 valence electrons. The zero-order chi connectivity index (χ0) is 13.7. The van der Waals surface area contributed by atoms with Crippen LogP contribution in [0.25, 0.3) is 0 Å². The third-order valence-corrected chi connectivity index (χ3v) is 2.59. The highest BCUT2D eigenvalue weighted by molar-refractivity contribution is 5.34. The fourth-order valence-electron chi connectivity index (χ4n) is 1.61. The monoisotopic (exact) mass is 257 g/mol. The molecule has 0 aliphatic heterocycles.